The topological polar surface area (TPSA) is 41.4 Å². The van der Waals surface area contributed by atoms with Crippen molar-refractivity contribution in [3.05, 3.63) is 52.1 Å². The molecule has 1 saturated heterocycles. The molecule has 0 bridgehead atoms. The van der Waals surface area contributed by atoms with Gasteiger partial charge in [-0.15, -0.1) is 0 Å². The molecule has 0 radical (unpaired) electrons. The van der Waals surface area contributed by atoms with Crippen LogP contribution in [0, 0.1) is 5.82 Å². The summed E-state index contributed by atoms with van der Waals surface area (Å²) in [6, 6.07) is 6.26. The standard InChI is InChI=1S/C17H17ClF4N4O/c1-24-15(17(20,21)22)13(18)14(23-24)16(27)26-7-5-25(6-8-26)10-11-3-2-4-12(19)9-11/h2-4,9H,5-8,10H2,1H3. The third-order valence-corrected chi connectivity index (χ3v) is 4.77. The van der Waals surface area contributed by atoms with E-state index >= 15 is 0 Å². The molecule has 1 amide bonds. The van der Waals surface area contributed by atoms with Crippen LogP contribution in [0.5, 0.6) is 0 Å². The summed E-state index contributed by atoms with van der Waals surface area (Å²) in [5.74, 6) is -0.942. The molecule has 1 aliphatic heterocycles. The number of hydrogen-bond donors (Lipinski definition) is 0. The van der Waals surface area contributed by atoms with Crippen molar-refractivity contribution in [2.24, 2.45) is 7.05 Å². The summed E-state index contributed by atoms with van der Waals surface area (Å²) in [7, 11) is 1.10. The molecule has 1 fully saturated rings. The Morgan fingerprint density at radius 2 is 1.89 bits per heavy atom. The Hall–Kier alpha value is -2.13. The molecular formula is C17H17ClF4N4O. The molecule has 1 aliphatic rings. The third kappa shape index (κ3) is 4.24. The average molecular weight is 405 g/mol. The summed E-state index contributed by atoms with van der Waals surface area (Å²) in [5.41, 5.74) is -0.723. The molecule has 10 heteroatoms. The van der Waals surface area contributed by atoms with Crippen LogP contribution in [0.25, 0.3) is 0 Å². The minimum atomic E-state index is -4.69. The van der Waals surface area contributed by atoms with Crippen molar-refractivity contribution in [3.8, 4) is 0 Å². The minimum absolute atomic E-state index is 0.313. The van der Waals surface area contributed by atoms with E-state index < -0.39 is 28.5 Å². The Morgan fingerprint density at radius 3 is 2.44 bits per heavy atom. The molecule has 1 aromatic heterocycles. The van der Waals surface area contributed by atoms with E-state index in [0.717, 1.165) is 12.6 Å². The Morgan fingerprint density at radius 1 is 1.22 bits per heavy atom. The zero-order valence-corrected chi connectivity index (χ0v) is 15.2. The van der Waals surface area contributed by atoms with Crippen molar-refractivity contribution >= 4 is 17.5 Å². The minimum Gasteiger partial charge on any atom is -0.335 e. The van der Waals surface area contributed by atoms with Crippen molar-refractivity contribution in [3.63, 3.8) is 0 Å². The van der Waals surface area contributed by atoms with E-state index in [0.29, 0.717) is 37.4 Å². The quantitative estimate of drug-likeness (QED) is 0.738. The van der Waals surface area contributed by atoms with Gasteiger partial charge in [-0.05, 0) is 17.7 Å². The number of benzene rings is 1. The number of carbonyl (C=O) groups is 1. The fourth-order valence-corrected chi connectivity index (χ4v) is 3.44. The van der Waals surface area contributed by atoms with Crippen molar-refractivity contribution in [1.29, 1.82) is 0 Å². The summed E-state index contributed by atoms with van der Waals surface area (Å²) in [4.78, 5) is 16.0. The maximum absolute atomic E-state index is 13.3. The van der Waals surface area contributed by atoms with E-state index in [4.69, 9.17) is 11.6 Å². The summed E-state index contributed by atoms with van der Waals surface area (Å²) in [6.07, 6.45) is -4.69. The molecule has 0 aliphatic carbocycles. The zero-order chi connectivity index (χ0) is 19.8. The molecule has 27 heavy (non-hydrogen) atoms. The van der Waals surface area contributed by atoms with E-state index in [1.807, 2.05) is 11.0 Å². The molecule has 0 unspecified atom stereocenters. The number of hydrogen-bond acceptors (Lipinski definition) is 3. The van der Waals surface area contributed by atoms with Crippen LogP contribution in [-0.2, 0) is 19.8 Å². The SMILES string of the molecule is Cn1nc(C(=O)N2CCN(Cc3cccc(F)c3)CC2)c(Cl)c1C(F)(F)F. The highest BCUT2D eigenvalue weighted by Crippen LogP contribution is 2.36. The van der Waals surface area contributed by atoms with Crippen LogP contribution in [0.4, 0.5) is 17.6 Å². The number of carbonyl (C=O) groups excluding carboxylic acids is 1. The number of nitrogens with zero attached hydrogens (tertiary/aromatic N) is 4. The number of alkyl halides is 3. The molecule has 5 nitrogen and oxygen atoms in total. The molecule has 2 aromatic rings. The Kier molecular flexibility index (Phi) is 5.43. The molecule has 2 heterocycles. The summed E-state index contributed by atoms with van der Waals surface area (Å²) in [5, 5.41) is 2.98. The van der Waals surface area contributed by atoms with Crippen molar-refractivity contribution < 1.29 is 22.4 Å². The van der Waals surface area contributed by atoms with Crippen LogP contribution in [0.2, 0.25) is 5.02 Å². The predicted octanol–water partition coefficient (Wildman–Crippen LogP) is 3.19. The molecule has 1 aromatic carbocycles. The van der Waals surface area contributed by atoms with Gasteiger partial charge in [0.2, 0.25) is 0 Å². The first-order valence-electron chi connectivity index (χ1n) is 8.22. The zero-order valence-electron chi connectivity index (χ0n) is 14.4. The largest absolute Gasteiger partial charge is 0.434 e. The van der Waals surface area contributed by atoms with Gasteiger partial charge in [0, 0.05) is 39.8 Å². The van der Waals surface area contributed by atoms with Gasteiger partial charge in [-0.1, -0.05) is 23.7 Å². The van der Waals surface area contributed by atoms with E-state index in [-0.39, 0.29) is 5.82 Å². The lowest BCUT2D eigenvalue weighted by molar-refractivity contribution is -0.143. The Bertz CT molecular complexity index is 844. The first-order valence-corrected chi connectivity index (χ1v) is 8.60. The maximum atomic E-state index is 13.3. The van der Waals surface area contributed by atoms with E-state index in [1.54, 1.807) is 6.07 Å². The molecule has 3 rings (SSSR count). The number of rotatable bonds is 3. The first-order chi connectivity index (χ1) is 12.7. The van der Waals surface area contributed by atoms with Crippen LogP contribution in [0.1, 0.15) is 21.7 Å². The first kappa shape index (κ1) is 19.6. The lowest BCUT2D eigenvalue weighted by Crippen LogP contribution is -2.48. The molecule has 0 saturated carbocycles. The Balaban J connectivity index is 1.65. The van der Waals surface area contributed by atoms with Crippen LogP contribution >= 0.6 is 11.6 Å². The van der Waals surface area contributed by atoms with Crippen LogP contribution in [0.3, 0.4) is 0 Å². The number of piperazine rings is 1. The van der Waals surface area contributed by atoms with Crippen molar-refractivity contribution in [1.82, 2.24) is 19.6 Å². The fourth-order valence-electron chi connectivity index (χ4n) is 3.10. The monoisotopic (exact) mass is 404 g/mol. The van der Waals surface area contributed by atoms with Gasteiger partial charge in [-0.3, -0.25) is 14.4 Å². The number of aryl methyl sites for hydroxylation is 1. The third-order valence-electron chi connectivity index (χ3n) is 4.42. The summed E-state index contributed by atoms with van der Waals surface area (Å²) < 4.78 is 52.9. The van der Waals surface area contributed by atoms with Gasteiger partial charge in [0.15, 0.2) is 11.4 Å². The van der Waals surface area contributed by atoms with E-state index in [1.165, 1.54) is 17.0 Å². The van der Waals surface area contributed by atoms with Gasteiger partial charge in [0.1, 0.15) is 10.8 Å². The molecule has 0 atom stereocenters. The fraction of sp³-hybridized carbons (Fsp3) is 0.412. The number of aromatic nitrogens is 2. The predicted molar refractivity (Wildman–Crippen MR) is 90.8 cm³/mol. The van der Waals surface area contributed by atoms with Crippen LogP contribution < -0.4 is 0 Å². The second-order valence-electron chi connectivity index (χ2n) is 6.33. The van der Waals surface area contributed by atoms with Gasteiger partial charge >= 0.3 is 6.18 Å². The maximum Gasteiger partial charge on any atom is 0.434 e. The summed E-state index contributed by atoms with van der Waals surface area (Å²) in [6.45, 7) is 2.20. The number of amides is 1. The van der Waals surface area contributed by atoms with Gasteiger partial charge in [0.05, 0.1) is 0 Å². The highest BCUT2D eigenvalue weighted by Gasteiger charge is 2.40. The van der Waals surface area contributed by atoms with Gasteiger partial charge in [-0.25, -0.2) is 4.39 Å². The molecule has 0 N–H and O–H groups in total. The van der Waals surface area contributed by atoms with Gasteiger partial charge in [0.25, 0.3) is 5.91 Å². The van der Waals surface area contributed by atoms with Gasteiger partial charge < -0.3 is 4.90 Å². The lowest BCUT2D eigenvalue weighted by atomic mass is 10.2. The molecule has 146 valence electrons. The molecular weight excluding hydrogens is 388 g/mol. The average Bonchev–Trinajstić information content (AvgIpc) is 2.89. The smallest absolute Gasteiger partial charge is 0.335 e. The second kappa shape index (κ2) is 7.47. The second-order valence-corrected chi connectivity index (χ2v) is 6.71. The van der Waals surface area contributed by atoms with Crippen molar-refractivity contribution in [2.75, 3.05) is 26.2 Å². The van der Waals surface area contributed by atoms with Crippen molar-refractivity contribution in [2.45, 2.75) is 12.7 Å². The van der Waals surface area contributed by atoms with Crippen LogP contribution in [0.15, 0.2) is 24.3 Å². The summed E-state index contributed by atoms with van der Waals surface area (Å²) >= 11 is 5.78. The van der Waals surface area contributed by atoms with Gasteiger partial charge in [-0.2, -0.15) is 18.3 Å². The van der Waals surface area contributed by atoms with E-state index in [9.17, 15) is 22.4 Å². The Labute approximate surface area is 158 Å². The normalized spacial score (nSPS) is 16.0. The molecule has 0 spiro atoms. The van der Waals surface area contributed by atoms with Crippen LogP contribution in [-0.4, -0.2) is 51.7 Å². The highest BCUT2D eigenvalue weighted by atomic mass is 35.5. The highest BCUT2D eigenvalue weighted by molar-refractivity contribution is 6.34. The number of halogens is 5. The lowest BCUT2D eigenvalue weighted by Gasteiger charge is -2.34. The van der Waals surface area contributed by atoms with E-state index in [2.05, 4.69) is 5.10 Å².